The summed E-state index contributed by atoms with van der Waals surface area (Å²) in [4.78, 5) is 22.7. The maximum Gasteiger partial charge on any atom is 0.406 e. The van der Waals surface area contributed by atoms with Crippen LogP contribution >= 0.6 is 15.9 Å². The van der Waals surface area contributed by atoms with Gasteiger partial charge in [-0.15, -0.1) is 0 Å². The predicted octanol–water partition coefficient (Wildman–Crippen LogP) is 2.96. The fraction of sp³-hybridized carbons (Fsp3) is 0.286. The Bertz CT molecular complexity index is 664. The van der Waals surface area contributed by atoms with Crippen molar-refractivity contribution in [1.29, 1.82) is 0 Å². The van der Waals surface area contributed by atoms with E-state index in [-0.39, 0.29) is 5.91 Å². The Morgan fingerprint density at radius 1 is 1.40 bits per heavy atom. The summed E-state index contributed by atoms with van der Waals surface area (Å²) in [5, 5.41) is 3.63. The number of benzene rings is 1. The number of ether oxygens (including phenoxy) is 1. The van der Waals surface area contributed by atoms with E-state index in [9.17, 15) is 9.59 Å². The van der Waals surface area contributed by atoms with Gasteiger partial charge in [0.05, 0.1) is 12.6 Å². The molecule has 20 heavy (non-hydrogen) atoms. The van der Waals surface area contributed by atoms with Crippen molar-refractivity contribution in [2.75, 3.05) is 13.7 Å². The minimum absolute atomic E-state index is 0.0375. The molecule has 106 valence electrons. The summed E-state index contributed by atoms with van der Waals surface area (Å²) in [5.74, 6) is -0.0375. The average molecular weight is 339 g/mol. The van der Waals surface area contributed by atoms with Crippen molar-refractivity contribution in [2.45, 2.75) is 13.3 Å². The lowest BCUT2D eigenvalue weighted by atomic mass is 10.1. The van der Waals surface area contributed by atoms with E-state index in [1.165, 1.54) is 14.0 Å². The van der Waals surface area contributed by atoms with E-state index in [1.807, 2.05) is 24.4 Å². The molecule has 0 spiro atoms. The summed E-state index contributed by atoms with van der Waals surface area (Å²) in [5.41, 5.74) is 1.88. The molecule has 2 aromatic rings. The number of nitrogens with one attached hydrogen (secondary N) is 1. The summed E-state index contributed by atoms with van der Waals surface area (Å²) in [7, 11) is 1.33. The third-order valence-electron chi connectivity index (χ3n) is 3.04. The molecule has 1 aromatic heterocycles. The number of amides is 1. The second-order valence-electron chi connectivity index (χ2n) is 4.37. The summed E-state index contributed by atoms with van der Waals surface area (Å²) >= 11 is 3.43. The molecule has 0 fully saturated rings. The van der Waals surface area contributed by atoms with Crippen molar-refractivity contribution in [3.63, 3.8) is 0 Å². The Hall–Kier alpha value is -1.82. The maximum absolute atomic E-state index is 11.6. The van der Waals surface area contributed by atoms with Crippen molar-refractivity contribution in [3.8, 4) is 0 Å². The molecule has 1 N–H and O–H groups in total. The SMILES string of the molecule is COC(=O)NCCc1cn(C(C)=O)c2ccc(Br)cc12. The van der Waals surface area contributed by atoms with Gasteiger partial charge in [-0.25, -0.2) is 4.79 Å². The molecular formula is C14H15BrN2O3. The number of aromatic nitrogens is 1. The first-order valence-electron chi connectivity index (χ1n) is 6.15. The van der Waals surface area contributed by atoms with Crippen LogP contribution in [-0.4, -0.2) is 30.2 Å². The van der Waals surface area contributed by atoms with Crippen molar-refractivity contribution >= 4 is 38.8 Å². The Balaban J connectivity index is 2.30. The normalized spacial score (nSPS) is 10.6. The third-order valence-corrected chi connectivity index (χ3v) is 3.53. The van der Waals surface area contributed by atoms with E-state index in [1.54, 1.807) is 4.57 Å². The zero-order chi connectivity index (χ0) is 14.7. The number of carbonyl (C=O) groups is 2. The van der Waals surface area contributed by atoms with Crippen LogP contribution in [0.4, 0.5) is 4.79 Å². The van der Waals surface area contributed by atoms with Gasteiger partial charge in [0, 0.05) is 29.5 Å². The molecule has 2 rings (SSSR count). The van der Waals surface area contributed by atoms with Crippen LogP contribution in [-0.2, 0) is 11.2 Å². The smallest absolute Gasteiger partial charge is 0.406 e. The van der Waals surface area contributed by atoms with E-state index in [4.69, 9.17) is 0 Å². The molecule has 0 bridgehead atoms. The fourth-order valence-corrected chi connectivity index (χ4v) is 2.46. The first-order valence-corrected chi connectivity index (χ1v) is 6.94. The van der Waals surface area contributed by atoms with Crippen LogP contribution in [0, 0.1) is 0 Å². The van der Waals surface area contributed by atoms with Crippen LogP contribution < -0.4 is 5.32 Å². The minimum atomic E-state index is -0.457. The van der Waals surface area contributed by atoms with Crippen molar-refractivity contribution < 1.29 is 14.3 Å². The molecule has 1 aromatic carbocycles. The third kappa shape index (κ3) is 3.01. The van der Waals surface area contributed by atoms with Gasteiger partial charge in [0.15, 0.2) is 0 Å². The highest BCUT2D eigenvalue weighted by atomic mass is 79.9. The standard InChI is InChI=1S/C14H15BrN2O3/c1-9(18)17-8-10(5-6-16-14(19)20-2)12-7-11(15)3-4-13(12)17/h3-4,7-8H,5-6H2,1-2H3,(H,16,19). The van der Waals surface area contributed by atoms with Crippen molar-refractivity contribution in [2.24, 2.45) is 0 Å². The zero-order valence-electron chi connectivity index (χ0n) is 11.3. The molecule has 0 aliphatic carbocycles. The highest BCUT2D eigenvalue weighted by molar-refractivity contribution is 9.10. The molecule has 1 amide bonds. The molecule has 0 saturated carbocycles. The number of carbonyl (C=O) groups excluding carboxylic acids is 2. The fourth-order valence-electron chi connectivity index (χ4n) is 2.10. The quantitative estimate of drug-likeness (QED) is 0.935. The topological polar surface area (TPSA) is 60.3 Å². The van der Waals surface area contributed by atoms with Crippen molar-refractivity contribution in [1.82, 2.24) is 9.88 Å². The Labute approximate surface area is 125 Å². The Morgan fingerprint density at radius 2 is 2.15 bits per heavy atom. The molecule has 0 unspecified atom stereocenters. The molecule has 1 heterocycles. The van der Waals surface area contributed by atoms with Crippen LogP contribution in [0.2, 0.25) is 0 Å². The zero-order valence-corrected chi connectivity index (χ0v) is 12.9. The molecular weight excluding hydrogens is 324 g/mol. The van der Waals surface area contributed by atoms with Gasteiger partial charge in [0.25, 0.3) is 0 Å². The number of hydrogen-bond donors (Lipinski definition) is 1. The predicted molar refractivity (Wildman–Crippen MR) is 80.1 cm³/mol. The van der Waals surface area contributed by atoms with Crippen LogP contribution in [0.1, 0.15) is 17.3 Å². The van der Waals surface area contributed by atoms with E-state index >= 15 is 0 Å². The Morgan fingerprint density at radius 3 is 2.80 bits per heavy atom. The van der Waals surface area contributed by atoms with Gasteiger partial charge in [-0.2, -0.15) is 0 Å². The second-order valence-corrected chi connectivity index (χ2v) is 5.29. The maximum atomic E-state index is 11.6. The van der Waals surface area contributed by atoms with E-state index in [0.717, 1.165) is 20.9 Å². The summed E-state index contributed by atoms with van der Waals surface area (Å²) in [6.45, 7) is 1.98. The molecule has 0 radical (unpaired) electrons. The lowest BCUT2D eigenvalue weighted by molar-refractivity contribution is 0.0941. The summed E-state index contributed by atoms with van der Waals surface area (Å²) < 4.78 is 7.09. The highest BCUT2D eigenvalue weighted by Gasteiger charge is 2.11. The van der Waals surface area contributed by atoms with Gasteiger partial charge in [0.1, 0.15) is 0 Å². The lowest BCUT2D eigenvalue weighted by Crippen LogP contribution is -2.25. The second kappa shape index (κ2) is 6.09. The average Bonchev–Trinajstić information content (AvgIpc) is 2.77. The number of alkyl carbamates (subject to hydrolysis) is 1. The van der Waals surface area contributed by atoms with Crippen LogP contribution in [0.5, 0.6) is 0 Å². The molecule has 0 aliphatic rings. The number of fused-ring (bicyclic) bond motifs is 1. The van der Waals surface area contributed by atoms with Gasteiger partial charge >= 0.3 is 6.09 Å². The molecule has 0 saturated heterocycles. The number of halogens is 1. The van der Waals surface area contributed by atoms with Gasteiger partial charge in [-0.3, -0.25) is 9.36 Å². The number of rotatable bonds is 3. The molecule has 0 aliphatic heterocycles. The first-order chi connectivity index (χ1) is 9.52. The van der Waals surface area contributed by atoms with Crippen LogP contribution in [0.3, 0.4) is 0 Å². The molecule has 0 atom stereocenters. The van der Waals surface area contributed by atoms with E-state index in [0.29, 0.717) is 13.0 Å². The number of nitrogens with zero attached hydrogens (tertiary/aromatic N) is 1. The monoisotopic (exact) mass is 338 g/mol. The number of hydrogen-bond acceptors (Lipinski definition) is 3. The van der Waals surface area contributed by atoms with E-state index in [2.05, 4.69) is 26.0 Å². The van der Waals surface area contributed by atoms with Crippen LogP contribution in [0.25, 0.3) is 10.9 Å². The van der Waals surface area contributed by atoms with Gasteiger partial charge in [-0.1, -0.05) is 15.9 Å². The first kappa shape index (κ1) is 14.6. The Kier molecular flexibility index (Phi) is 4.44. The van der Waals surface area contributed by atoms with Crippen molar-refractivity contribution in [3.05, 3.63) is 34.4 Å². The molecule has 5 nitrogen and oxygen atoms in total. The highest BCUT2D eigenvalue weighted by Crippen LogP contribution is 2.25. The van der Waals surface area contributed by atoms with Crippen LogP contribution in [0.15, 0.2) is 28.9 Å². The number of methoxy groups -OCH3 is 1. The van der Waals surface area contributed by atoms with Gasteiger partial charge in [0.2, 0.25) is 5.91 Å². The van der Waals surface area contributed by atoms with E-state index < -0.39 is 6.09 Å². The lowest BCUT2D eigenvalue weighted by Gasteiger charge is -2.02. The molecule has 6 heteroatoms. The summed E-state index contributed by atoms with van der Waals surface area (Å²) in [6, 6.07) is 5.78. The minimum Gasteiger partial charge on any atom is -0.453 e. The van der Waals surface area contributed by atoms with Gasteiger partial charge < -0.3 is 10.1 Å². The largest absolute Gasteiger partial charge is 0.453 e. The van der Waals surface area contributed by atoms with Gasteiger partial charge in [-0.05, 0) is 30.2 Å². The summed E-state index contributed by atoms with van der Waals surface area (Å²) in [6.07, 6.45) is 1.99.